The number of carboxylic acids is 1. The minimum absolute atomic E-state index is 0. The SMILES string of the molecule is CCCCCCCCCC(=O)N[C@H](C(=O)O)[C@@H](C)CC.[H-].[Na+]. The Morgan fingerprint density at radius 3 is 2.05 bits per heavy atom. The Labute approximate surface area is 153 Å². The van der Waals surface area contributed by atoms with Crippen LogP contribution in [-0.4, -0.2) is 23.0 Å². The van der Waals surface area contributed by atoms with Crippen LogP contribution in [0.5, 0.6) is 0 Å². The molecular formula is C16H32NNaO3. The summed E-state index contributed by atoms with van der Waals surface area (Å²) in [4.78, 5) is 22.8. The molecule has 1 amide bonds. The molecule has 0 fully saturated rings. The molecule has 2 N–H and O–H groups in total. The van der Waals surface area contributed by atoms with E-state index in [1.54, 1.807) is 0 Å². The van der Waals surface area contributed by atoms with Crippen LogP contribution in [-0.2, 0) is 9.59 Å². The van der Waals surface area contributed by atoms with Crippen LogP contribution in [0.25, 0.3) is 0 Å². The van der Waals surface area contributed by atoms with E-state index in [-0.39, 0.29) is 42.8 Å². The second-order valence-electron chi connectivity index (χ2n) is 5.64. The van der Waals surface area contributed by atoms with Gasteiger partial charge in [-0.25, -0.2) is 4.79 Å². The monoisotopic (exact) mass is 309 g/mol. The fourth-order valence-electron chi connectivity index (χ4n) is 2.17. The summed E-state index contributed by atoms with van der Waals surface area (Å²) >= 11 is 0. The van der Waals surface area contributed by atoms with Crippen molar-refractivity contribution in [1.82, 2.24) is 5.32 Å². The summed E-state index contributed by atoms with van der Waals surface area (Å²) in [6.45, 7) is 5.98. The zero-order chi connectivity index (χ0) is 15.4. The maximum atomic E-state index is 11.7. The molecule has 21 heavy (non-hydrogen) atoms. The molecule has 0 bridgehead atoms. The predicted molar refractivity (Wildman–Crippen MR) is 82.7 cm³/mol. The van der Waals surface area contributed by atoms with Crippen LogP contribution in [0, 0.1) is 5.92 Å². The van der Waals surface area contributed by atoms with Crippen LogP contribution >= 0.6 is 0 Å². The molecule has 0 rings (SSSR count). The molecule has 5 heteroatoms. The van der Waals surface area contributed by atoms with Crippen LogP contribution in [0.3, 0.4) is 0 Å². The predicted octanol–water partition coefficient (Wildman–Crippen LogP) is 0.859. The number of rotatable bonds is 12. The van der Waals surface area contributed by atoms with Gasteiger partial charge in [-0.05, 0) is 12.3 Å². The van der Waals surface area contributed by atoms with E-state index in [9.17, 15) is 9.59 Å². The first-order chi connectivity index (χ1) is 9.52. The normalized spacial score (nSPS) is 13.1. The Morgan fingerprint density at radius 1 is 1.05 bits per heavy atom. The molecule has 120 valence electrons. The summed E-state index contributed by atoms with van der Waals surface area (Å²) in [6, 6.07) is -0.753. The standard InChI is InChI=1S/C16H31NO3.Na.H/c1-4-6-7-8-9-10-11-12-14(18)17-15(16(19)20)13(3)5-2;;/h13,15H,4-12H2,1-3H3,(H,17,18)(H,19,20);;/q;+1;-1/t13-,15-;;/m0../s1. The number of carbonyl (C=O) groups excluding carboxylic acids is 1. The second-order valence-corrected chi connectivity index (χ2v) is 5.64. The maximum absolute atomic E-state index is 11.7. The van der Waals surface area contributed by atoms with Gasteiger partial charge < -0.3 is 11.8 Å². The molecule has 0 aromatic carbocycles. The third kappa shape index (κ3) is 12.2. The van der Waals surface area contributed by atoms with Gasteiger partial charge in [-0.15, -0.1) is 0 Å². The van der Waals surface area contributed by atoms with E-state index in [2.05, 4.69) is 12.2 Å². The quantitative estimate of drug-likeness (QED) is 0.415. The molecule has 0 aromatic rings. The van der Waals surface area contributed by atoms with Crippen molar-refractivity contribution in [2.75, 3.05) is 0 Å². The number of aliphatic carboxylic acids is 1. The number of amides is 1. The van der Waals surface area contributed by atoms with Gasteiger partial charge in [0, 0.05) is 6.42 Å². The maximum Gasteiger partial charge on any atom is 1.00 e. The molecule has 0 unspecified atom stereocenters. The van der Waals surface area contributed by atoms with E-state index in [1.807, 2.05) is 13.8 Å². The van der Waals surface area contributed by atoms with E-state index in [1.165, 1.54) is 32.1 Å². The van der Waals surface area contributed by atoms with Crippen molar-refractivity contribution >= 4 is 11.9 Å². The van der Waals surface area contributed by atoms with Crippen molar-refractivity contribution in [3.8, 4) is 0 Å². The summed E-state index contributed by atoms with van der Waals surface area (Å²) in [5, 5.41) is 11.7. The summed E-state index contributed by atoms with van der Waals surface area (Å²) in [6.07, 6.45) is 9.30. The number of hydrogen-bond donors (Lipinski definition) is 2. The zero-order valence-electron chi connectivity index (χ0n) is 15.3. The number of hydrogen-bond acceptors (Lipinski definition) is 2. The molecule has 0 saturated carbocycles. The molecule has 0 radical (unpaired) electrons. The minimum atomic E-state index is -0.938. The summed E-state index contributed by atoms with van der Waals surface area (Å²) in [5.41, 5.74) is 0. The molecule has 0 aliphatic carbocycles. The summed E-state index contributed by atoms with van der Waals surface area (Å²) in [7, 11) is 0. The van der Waals surface area contributed by atoms with Gasteiger partial charge in [0.05, 0.1) is 0 Å². The fraction of sp³-hybridized carbons (Fsp3) is 0.875. The van der Waals surface area contributed by atoms with E-state index >= 15 is 0 Å². The molecule has 0 saturated heterocycles. The largest absolute Gasteiger partial charge is 1.00 e. The number of carboxylic acid groups (broad SMARTS) is 1. The Balaban J connectivity index is -0.00000180. The van der Waals surface area contributed by atoms with Gasteiger partial charge in [-0.2, -0.15) is 0 Å². The van der Waals surface area contributed by atoms with Crippen molar-refractivity contribution in [3.05, 3.63) is 0 Å². The van der Waals surface area contributed by atoms with Crippen molar-refractivity contribution in [1.29, 1.82) is 0 Å². The topological polar surface area (TPSA) is 66.4 Å². The zero-order valence-corrected chi connectivity index (χ0v) is 16.3. The number of unbranched alkanes of at least 4 members (excludes halogenated alkanes) is 6. The van der Waals surface area contributed by atoms with Gasteiger partial charge in [0.15, 0.2) is 0 Å². The smallest absolute Gasteiger partial charge is 1.00 e. The van der Waals surface area contributed by atoms with Crippen molar-refractivity contribution < 1.29 is 45.7 Å². The van der Waals surface area contributed by atoms with Crippen LogP contribution in [0.1, 0.15) is 80.0 Å². The first kappa shape index (κ1) is 23.2. The van der Waals surface area contributed by atoms with Gasteiger partial charge in [-0.1, -0.05) is 65.7 Å². The van der Waals surface area contributed by atoms with Crippen LogP contribution < -0.4 is 34.9 Å². The third-order valence-corrected chi connectivity index (χ3v) is 3.80. The van der Waals surface area contributed by atoms with E-state index in [4.69, 9.17) is 5.11 Å². The van der Waals surface area contributed by atoms with E-state index in [0.29, 0.717) is 6.42 Å². The molecule has 4 nitrogen and oxygen atoms in total. The average molecular weight is 309 g/mol. The van der Waals surface area contributed by atoms with Gasteiger partial charge in [0.1, 0.15) is 6.04 Å². The molecule has 0 aromatic heterocycles. The van der Waals surface area contributed by atoms with E-state index < -0.39 is 12.0 Å². The first-order valence-electron chi connectivity index (χ1n) is 8.05. The van der Waals surface area contributed by atoms with E-state index in [0.717, 1.165) is 19.3 Å². The fourth-order valence-corrected chi connectivity index (χ4v) is 2.17. The third-order valence-electron chi connectivity index (χ3n) is 3.80. The summed E-state index contributed by atoms with van der Waals surface area (Å²) in [5.74, 6) is -1.11. The molecule has 0 aliphatic heterocycles. The molecule has 0 aliphatic rings. The number of nitrogens with one attached hydrogen (secondary N) is 1. The molecule has 0 heterocycles. The second kappa shape index (κ2) is 14.9. The van der Waals surface area contributed by atoms with Gasteiger partial charge in [-0.3, -0.25) is 4.79 Å². The average Bonchev–Trinajstić information content (AvgIpc) is 2.42. The Hall–Kier alpha value is -0.0600. The van der Waals surface area contributed by atoms with Gasteiger partial charge in [0.2, 0.25) is 5.91 Å². The van der Waals surface area contributed by atoms with Crippen LogP contribution in [0.2, 0.25) is 0 Å². The molecule has 0 spiro atoms. The van der Waals surface area contributed by atoms with Gasteiger partial charge in [0.25, 0.3) is 0 Å². The first-order valence-corrected chi connectivity index (χ1v) is 8.05. The Morgan fingerprint density at radius 2 is 1.57 bits per heavy atom. The number of carbonyl (C=O) groups is 2. The van der Waals surface area contributed by atoms with Crippen LogP contribution in [0.4, 0.5) is 0 Å². The van der Waals surface area contributed by atoms with Crippen molar-refractivity contribution in [2.24, 2.45) is 5.92 Å². The molecule has 2 atom stereocenters. The van der Waals surface area contributed by atoms with Crippen molar-refractivity contribution in [3.63, 3.8) is 0 Å². The minimum Gasteiger partial charge on any atom is -1.00 e. The van der Waals surface area contributed by atoms with Crippen molar-refractivity contribution in [2.45, 2.75) is 84.6 Å². The molecular weight excluding hydrogens is 277 g/mol. The summed E-state index contributed by atoms with van der Waals surface area (Å²) < 4.78 is 0. The van der Waals surface area contributed by atoms with Crippen LogP contribution in [0.15, 0.2) is 0 Å². The Kier molecular flexibility index (Phi) is 16.4. The Bertz CT molecular complexity index is 291. The van der Waals surface area contributed by atoms with Gasteiger partial charge >= 0.3 is 35.5 Å².